The second kappa shape index (κ2) is 12.2. The van der Waals surface area contributed by atoms with Crippen molar-refractivity contribution in [2.45, 2.75) is 89.1 Å². The molecule has 0 aromatic rings. The van der Waals surface area contributed by atoms with Crippen LogP contribution in [0, 0.1) is 36.0 Å². The zero-order valence-corrected chi connectivity index (χ0v) is 19.4. The molecule has 4 heteroatoms. The van der Waals surface area contributed by atoms with Gasteiger partial charge in [0.05, 0.1) is 0 Å². The smallest absolute Gasteiger partial charge is 0.412 e. The summed E-state index contributed by atoms with van der Waals surface area (Å²) >= 11 is 5.80. The summed E-state index contributed by atoms with van der Waals surface area (Å²) in [6, 6.07) is 0. The van der Waals surface area contributed by atoms with Crippen LogP contribution in [0.3, 0.4) is 0 Å². The van der Waals surface area contributed by atoms with Gasteiger partial charge in [-0.25, -0.2) is 4.39 Å². The van der Waals surface area contributed by atoms with Crippen LogP contribution in [-0.2, 0) is 19.8 Å². The van der Waals surface area contributed by atoms with E-state index in [0.29, 0.717) is 17.2 Å². The van der Waals surface area contributed by atoms with Crippen LogP contribution in [0.25, 0.3) is 0 Å². The third-order valence-corrected chi connectivity index (χ3v) is 7.21. The second-order valence-corrected chi connectivity index (χ2v) is 8.83. The van der Waals surface area contributed by atoms with Crippen LogP contribution in [0.15, 0.2) is 12.2 Å². The molecule has 2 N–H and O–H groups in total. The van der Waals surface area contributed by atoms with E-state index in [0.717, 1.165) is 18.3 Å². The first-order chi connectivity index (χ1) is 11.7. The van der Waals surface area contributed by atoms with Gasteiger partial charge in [0, 0.05) is 5.38 Å². The van der Waals surface area contributed by atoms with Crippen LogP contribution in [-0.4, -0.2) is 17.0 Å². The summed E-state index contributed by atoms with van der Waals surface area (Å²) in [5.41, 5.74) is 0. The average molecular weight is 561 g/mol. The van der Waals surface area contributed by atoms with Crippen molar-refractivity contribution in [1.29, 1.82) is 0 Å². The van der Waals surface area contributed by atoms with Gasteiger partial charge in [0.15, 0.2) is 0 Å². The minimum absolute atomic E-state index is 0. The Morgan fingerprint density at radius 1 is 1.08 bits per heavy atom. The number of halogens is 2. The van der Waals surface area contributed by atoms with Gasteiger partial charge in [-0.2, -0.15) is 31.1 Å². The van der Waals surface area contributed by atoms with E-state index in [1.807, 2.05) is 6.08 Å². The number of fused-ring (bicyclic) bond motifs is 3. The van der Waals surface area contributed by atoms with Gasteiger partial charge in [0.25, 0.3) is 0 Å². The summed E-state index contributed by atoms with van der Waals surface area (Å²) < 4.78 is 13.6. The van der Waals surface area contributed by atoms with Crippen molar-refractivity contribution < 1.29 is 29.7 Å². The molecule has 4 aliphatic carbocycles. The van der Waals surface area contributed by atoms with Crippen molar-refractivity contribution in [1.82, 2.24) is 0 Å². The summed E-state index contributed by atoms with van der Waals surface area (Å²) in [7, 11) is 0. The van der Waals surface area contributed by atoms with Crippen LogP contribution in [0.5, 0.6) is 0 Å². The maximum Gasteiger partial charge on any atom is 2.00 e. The van der Waals surface area contributed by atoms with Crippen molar-refractivity contribution in [3.05, 3.63) is 24.5 Å². The summed E-state index contributed by atoms with van der Waals surface area (Å²) in [5, 5.41) is 0.477. The van der Waals surface area contributed by atoms with E-state index in [1.165, 1.54) is 64.2 Å². The Labute approximate surface area is 178 Å². The first-order valence-electron chi connectivity index (χ1n) is 10.3. The van der Waals surface area contributed by atoms with Gasteiger partial charge < -0.3 is 17.8 Å². The Morgan fingerprint density at radius 2 is 1.81 bits per heavy atom. The fourth-order valence-electron chi connectivity index (χ4n) is 5.60. The maximum absolute atomic E-state index is 13.6. The third kappa shape index (κ3) is 6.03. The zero-order chi connectivity index (χ0) is 16.9. The molecule has 4 rings (SSSR count). The molecular formula is C22H36ClFOOs. The van der Waals surface area contributed by atoms with Crippen LogP contribution >= 0.6 is 11.6 Å². The maximum atomic E-state index is 13.6. The Kier molecular flexibility index (Phi) is 11.5. The molecule has 0 aromatic heterocycles. The molecule has 0 amide bonds. The SMILES string of the molecule is CCC1C2CCCCC[C-]2C2CC(F)C=CC21.ClC1CC[CH-]CC1.O.[Os+2]. The first-order valence-corrected chi connectivity index (χ1v) is 10.8. The molecule has 0 heterocycles. The molecule has 152 valence electrons. The standard InChI is InChI=1S/C16H24F.C6H10Cl.H2O.Os/c1-2-12-13-6-4-3-5-7-14(13)16-10-11(17)8-9-15(12)16;7-6-4-2-1-3-5-6;;/h8-9,11-13,15-16H,2-7,10H2,1H3;1,6H,2-5H2;1H2;/q2*-1;;+2. The molecule has 3 saturated carbocycles. The van der Waals surface area contributed by atoms with E-state index < -0.39 is 6.17 Å². The van der Waals surface area contributed by atoms with Crippen molar-refractivity contribution in [2.75, 3.05) is 0 Å². The predicted molar refractivity (Wildman–Crippen MR) is 105 cm³/mol. The Morgan fingerprint density at radius 3 is 2.42 bits per heavy atom. The Balaban J connectivity index is 0.000000322. The van der Waals surface area contributed by atoms with E-state index in [-0.39, 0.29) is 25.3 Å². The third-order valence-electron chi connectivity index (χ3n) is 6.77. The first kappa shape index (κ1) is 24.6. The largest absolute Gasteiger partial charge is 2.00 e. The van der Waals surface area contributed by atoms with Gasteiger partial charge in [-0.15, -0.1) is 11.6 Å². The number of allylic oxidation sites excluding steroid dienone is 2. The summed E-state index contributed by atoms with van der Waals surface area (Å²) in [5.74, 6) is 4.66. The van der Waals surface area contributed by atoms with Crippen molar-refractivity contribution >= 4 is 11.6 Å². The van der Waals surface area contributed by atoms with Crippen molar-refractivity contribution in [2.24, 2.45) is 23.7 Å². The fourth-order valence-corrected chi connectivity index (χ4v) is 5.85. The van der Waals surface area contributed by atoms with Crippen molar-refractivity contribution in [3.63, 3.8) is 0 Å². The molecule has 0 saturated heterocycles. The quantitative estimate of drug-likeness (QED) is 0.206. The van der Waals surface area contributed by atoms with E-state index in [1.54, 1.807) is 5.92 Å². The van der Waals surface area contributed by atoms with Crippen molar-refractivity contribution in [3.8, 4) is 0 Å². The van der Waals surface area contributed by atoms with Gasteiger partial charge in [0.2, 0.25) is 0 Å². The molecule has 5 atom stereocenters. The van der Waals surface area contributed by atoms with E-state index in [9.17, 15) is 4.39 Å². The molecule has 5 unspecified atom stereocenters. The van der Waals surface area contributed by atoms with Crippen LogP contribution in [0.1, 0.15) is 77.6 Å². The zero-order valence-electron chi connectivity index (χ0n) is 16.1. The molecule has 1 nitrogen and oxygen atoms in total. The minimum Gasteiger partial charge on any atom is -0.412 e. The monoisotopic (exact) mass is 562 g/mol. The molecule has 0 bridgehead atoms. The van der Waals surface area contributed by atoms with E-state index in [4.69, 9.17) is 11.6 Å². The molecule has 3 fully saturated rings. The number of alkyl halides is 2. The van der Waals surface area contributed by atoms with E-state index >= 15 is 0 Å². The topological polar surface area (TPSA) is 31.5 Å². The Hall–Kier alpha value is 0.556. The van der Waals surface area contributed by atoms with E-state index in [2.05, 4.69) is 19.4 Å². The molecule has 0 spiro atoms. The van der Waals surface area contributed by atoms with Gasteiger partial charge in [0.1, 0.15) is 6.17 Å². The summed E-state index contributed by atoms with van der Waals surface area (Å²) in [4.78, 5) is 0. The normalized spacial score (nSPS) is 37.1. The molecule has 4 aliphatic rings. The molecular weight excluding hydrogens is 525 g/mol. The minimum atomic E-state index is -0.678. The fraction of sp³-hybridized carbons (Fsp3) is 0.818. The number of rotatable bonds is 1. The second-order valence-electron chi connectivity index (χ2n) is 8.21. The number of hydrogen-bond acceptors (Lipinski definition) is 0. The molecule has 26 heavy (non-hydrogen) atoms. The van der Waals surface area contributed by atoms with Gasteiger partial charge >= 0.3 is 19.8 Å². The predicted octanol–water partition coefficient (Wildman–Crippen LogP) is 6.26. The van der Waals surface area contributed by atoms with Gasteiger partial charge in [-0.3, -0.25) is 0 Å². The summed E-state index contributed by atoms with van der Waals surface area (Å²) in [6.07, 6.45) is 19.4. The molecule has 0 radical (unpaired) electrons. The Bertz CT molecular complexity index is 413. The number of hydrogen-bond donors (Lipinski definition) is 0. The molecule has 0 aromatic carbocycles. The van der Waals surface area contributed by atoms with Gasteiger partial charge in [-0.1, -0.05) is 69.9 Å². The summed E-state index contributed by atoms with van der Waals surface area (Å²) in [6.45, 7) is 2.32. The van der Waals surface area contributed by atoms with Gasteiger partial charge in [-0.05, 0) is 12.3 Å². The van der Waals surface area contributed by atoms with Crippen LogP contribution in [0.2, 0.25) is 0 Å². The van der Waals surface area contributed by atoms with Crippen LogP contribution < -0.4 is 0 Å². The van der Waals surface area contributed by atoms with Crippen LogP contribution in [0.4, 0.5) is 4.39 Å². The molecule has 0 aliphatic heterocycles. The average Bonchev–Trinajstić information content (AvgIpc) is 2.74.